The minimum absolute atomic E-state index is 0.0566. The maximum Gasteiger partial charge on any atom is 0.234 e. The Hall–Kier alpha value is -2.65. The number of halogens is 2. The van der Waals surface area contributed by atoms with E-state index in [4.69, 9.17) is 4.74 Å². The van der Waals surface area contributed by atoms with Crippen LogP contribution in [-0.4, -0.2) is 26.4 Å². The number of anilines is 1. The van der Waals surface area contributed by atoms with Crippen LogP contribution in [0.3, 0.4) is 0 Å². The third-order valence-corrected chi connectivity index (χ3v) is 6.25. The number of rotatable bonds is 10. The Morgan fingerprint density at radius 2 is 2.09 bits per heavy atom. The van der Waals surface area contributed by atoms with Crippen LogP contribution in [0.5, 0.6) is 5.75 Å². The quantitative estimate of drug-likeness (QED) is 0.252. The summed E-state index contributed by atoms with van der Waals surface area (Å²) in [5.41, 5.74) is 2.37. The molecule has 3 aromatic rings. The van der Waals surface area contributed by atoms with Crippen LogP contribution >= 0.6 is 27.7 Å². The minimum Gasteiger partial charge on any atom is -0.485 e. The molecule has 0 fully saturated rings. The molecule has 1 aromatic heterocycles. The lowest BCUT2D eigenvalue weighted by Gasteiger charge is -2.15. The van der Waals surface area contributed by atoms with Gasteiger partial charge >= 0.3 is 0 Å². The summed E-state index contributed by atoms with van der Waals surface area (Å²) in [4.78, 5) is 12.3. The average Bonchev–Trinajstić information content (AvgIpc) is 3.14. The summed E-state index contributed by atoms with van der Waals surface area (Å²) >= 11 is 4.42. The number of hydrogen-bond donors (Lipinski definition) is 1. The Bertz CT molecular complexity index is 1150. The van der Waals surface area contributed by atoms with Crippen LogP contribution in [0.4, 0.5) is 10.1 Å². The van der Waals surface area contributed by atoms with Crippen molar-refractivity contribution in [3.8, 4) is 5.75 Å². The van der Waals surface area contributed by atoms with E-state index in [1.165, 1.54) is 23.9 Å². The van der Waals surface area contributed by atoms with Crippen molar-refractivity contribution in [1.82, 2.24) is 14.8 Å². The highest BCUT2D eigenvalue weighted by molar-refractivity contribution is 9.10. The SMILES string of the molecule is C=CCn1c(COc2cc(C)ccc2C(C)C)nnc1SCC(=O)Nc1ccc(Br)cc1F. The first-order valence-electron chi connectivity index (χ1n) is 10.4. The number of amides is 1. The summed E-state index contributed by atoms with van der Waals surface area (Å²) in [6, 6.07) is 10.6. The predicted octanol–water partition coefficient (Wildman–Crippen LogP) is 6.11. The second-order valence-corrected chi connectivity index (χ2v) is 9.60. The van der Waals surface area contributed by atoms with E-state index in [1.54, 1.807) is 12.1 Å². The highest BCUT2D eigenvalue weighted by Crippen LogP contribution is 2.28. The highest BCUT2D eigenvalue weighted by atomic mass is 79.9. The van der Waals surface area contributed by atoms with Crippen molar-refractivity contribution >= 4 is 39.3 Å². The molecule has 1 heterocycles. The molecule has 0 aliphatic rings. The van der Waals surface area contributed by atoms with Crippen molar-refractivity contribution in [2.75, 3.05) is 11.1 Å². The molecule has 0 saturated heterocycles. The minimum atomic E-state index is -0.506. The average molecular weight is 533 g/mol. The Morgan fingerprint density at radius 3 is 2.79 bits per heavy atom. The van der Waals surface area contributed by atoms with Gasteiger partial charge in [-0.15, -0.1) is 16.8 Å². The third-order valence-electron chi connectivity index (χ3n) is 4.79. The number of aryl methyl sites for hydroxylation is 1. The van der Waals surface area contributed by atoms with E-state index in [0.717, 1.165) is 16.9 Å². The summed E-state index contributed by atoms with van der Waals surface area (Å²) in [6.07, 6.45) is 1.74. The summed E-state index contributed by atoms with van der Waals surface area (Å²) in [7, 11) is 0. The fraction of sp³-hybridized carbons (Fsp3) is 0.292. The van der Waals surface area contributed by atoms with E-state index in [-0.39, 0.29) is 24.0 Å². The van der Waals surface area contributed by atoms with Gasteiger partial charge in [0.1, 0.15) is 18.2 Å². The van der Waals surface area contributed by atoms with Crippen LogP contribution in [0.1, 0.15) is 36.7 Å². The molecule has 1 amide bonds. The number of aromatic nitrogens is 3. The zero-order valence-corrected chi connectivity index (χ0v) is 21.2. The van der Waals surface area contributed by atoms with Crippen molar-refractivity contribution in [3.63, 3.8) is 0 Å². The molecule has 2 aromatic carbocycles. The van der Waals surface area contributed by atoms with Crippen molar-refractivity contribution in [3.05, 3.63) is 76.3 Å². The molecule has 0 atom stereocenters. The Balaban J connectivity index is 1.67. The summed E-state index contributed by atoms with van der Waals surface area (Å²) in [5.74, 6) is 0.992. The largest absolute Gasteiger partial charge is 0.485 e. The molecule has 9 heteroatoms. The Kier molecular flexibility index (Phi) is 8.68. The number of allylic oxidation sites excluding steroid dienone is 1. The molecule has 0 unspecified atom stereocenters. The molecule has 0 bridgehead atoms. The van der Waals surface area contributed by atoms with E-state index in [1.807, 2.05) is 17.6 Å². The fourth-order valence-corrected chi connectivity index (χ4v) is 4.24. The fourth-order valence-electron chi connectivity index (χ4n) is 3.14. The molecule has 6 nitrogen and oxygen atoms in total. The van der Waals surface area contributed by atoms with Gasteiger partial charge in [-0.3, -0.25) is 9.36 Å². The second-order valence-electron chi connectivity index (χ2n) is 7.74. The summed E-state index contributed by atoms with van der Waals surface area (Å²) in [5, 5.41) is 11.6. The van der Waals surface area contributed by atoms with Crippen LogP contribution in [0, 0.1) is 12.7 Å². The molecule has 0 radical (unpaired) electrons. The summed E-state index contributed by atoms with van der Waals surface area (Å²) in [6.45, 7) is 10.8. The van der Waals surface area contributed by atoms with Gasteiger partial charge in [0.15, 0.2) is 11.0 Å². The van der Waals surface area contributed by atoms with Gasteiger partial charge < -0.3 is 10.1 Å². The molecule has 3 rings (SSSR count). The van der Waals surface area contributed by atoms with Gasteiger partial charge in [-0.05, 0) is 48.2 Å². The van der Waals surface area contributed by atoms with Crippen LogP contribution in [0.25, 0.3) is 0 Å². The number of nitrogens with one attached hydrogen (secondary N) is 1. The van der Waals surface area contributed by atoms with Crippen molar-refractivity contribution in [1.29, 1.82) is 0 Å². The first-order valence-corrected chi connectivity index (χ1v) is 12.2. The molecule has 0 saturated carbocycles. The van der Waals surface area contributed by atoms with Gasteiger partial charge in [-0.1, -0.05) is 59.7 Å². The van der Waals surface area contributed by atoms with Gasteiger partial charge in [0.2, 0.25) is 5.91 Å². The van der Waals surface area contributed by atoms with Gasteiger partial charge in [0, 0.05) is 11.0 Å². The number of thioether (sulfide) groups is 1. The Labute approximate surface area is 205 Å². The van der Waals surface area contributed by atoms with E-state index in [9.17, 15) is 9.18 Å². The van der Waals surface area contributed by atoms with Gasteiger partial charge in [-0.25, -0.2) is 4.39 Å². The van der Waals surface area contributed by atoms with Crippen molar-refractivity contribution in [2.24, 2.45) is 0 Å². The highest BCUT2D eigenvalue weighted by Gasteiger charge is 2.16. The normalized spacial score (nSPS) is 11.0. The number of carbonyl (C=O) groups excluding carboxylic acids is 1. The molecule has 1 N–H and O–H groups in total. The first-order chi connectivity index (χ1) is 15.8. The molecule has 0 spiro atoms. The topological polar surface area (TPSA) is 69.0 Å². The molecule has 33 heavy (non-hydrogen) atoms. The van der Waals surface area contributed by atoms with Crippen molar-refractivity contribution in [2.45, 2.75) is 45.0 Å². The number of benzene rings is 2. The van der Waals surface area contributed by atoms with E-state index < -0.39 is 5.82 Å². The second kappa shape index (κ2) is 11.5. The molecule has 0 aliphatic heterocycles. The molecule has 174 valence electrons. The lowest BCUT2D eigenvalue weighted by molar-refractivity contribution is -0.113. The number of nitrogens with zero attached hydrogens (tertiary/aromatic N) is 3. The van der Waals surface area contributed by atoms with E-state index >= 15 is 0 Å². The van der Waals surface area contributed by atoms with E-state index in [2.05, 4.69) is 64.0 Å². The standard InChI is InChI=1S/C24H26BrFN4O2S/c1-5-10-30-22(13-32-21-11-16(4)6-8-18(21)15(2)3)28-29-24(30)33-14-23(31)27-20-9-7-17(25)12-19(20)26/h5-9,11-12,15H,1,10,13-14H2,2-4H3,(H,27,31). The van der Waals surface area contributed by atoms with Crippen LogP contribution in [-0.2, 0) is 17.9 Å². The maximum absolute atomic E-state index is 14.0. The van der Waals surface area contributed by atoms with Gasteiger partial charge in [0.25, 0.3) is 0 Å². The van der Waals surface area contributed by atoms with Crippen LogP contribution < -0.4 is 10.1 Å². The zero-order chi connectivity index (χ0) is 24.0. The lowest BCUT2D eigenvalue weighted by Crippen LogP contribution is -2.16. The van der Waals surface area contributed by atoms with Crippen LogP contribution in [0.2, 0.25) is 0 Å². The third kappa shape index (κ3) is 6.68. The number of carbonyl (C=O) groups is 1. The van der Waals surface area contributed by atoms with Gasteiger partial charge in [-0.2, -0.15) is 0 Å². The van der Waals surface area contributed by atoms with Gasteiger partial charge in [0.05, 0.1) is 11.4 Å². The number of hydrogen-bond acceptors (Lipinski definition) is 5. The molecular weight excluding hydrogens is 507 g/mol. The van der Waals surface area contributed by atoms with E-state index in [0.29, 0.717) is 27.9 Å². The zero-order valence-electron chi connectivity index (χ0n) is 18.8. The van der Waals surface area contributed by atoms with Crippen molar-refractivity contribution < 1.29 is 13.9 Å². The predicted molar refractivity (Wildman–Crippen MR) is 133 cm³/mol. The monoisotopic (exact) mass is 532 g/mol. The van der Waals surface area contributed by atoms with Crippen LogP contribution in [0.15, 0.2) is 58.7 Å². The smallest absolute Gasteiger partial charge is 0.234 e. The molecular formula is C24H26BrFN4O2S. The lowest BCUT2D eigenvalue weighted by atomic mass is 10.0. The first kappa shape index (κ1) is 25.0. The number of ether oxygens (including phenoxy) is 1. The maximum atomic E-state index is 14.0. The summed E-state index contributed by atoms with van der Waals surface area (Å²) < 4.78 is 22.5. The Morgan fingerprint density at radius 1 is 1.30 bits per heavy atom. The molecule has 0 aliphatic carbocycles.